The molecule has 1 N–H and O–H groups in total. The molecule has 0 aromatic rings. The highest BCUT2D eigenvalue weighted by atomic mass is 16.4. The molecule has 1 amide bonds. The quantitative estimate of drug-likeness (QED) is 0.266. The van der Waals surface area contributed by atoms with Crippen LogP contribution in [-0.4, -0.2) is 43.7 Å². The monoisotopic (exact) mass is 342 g/mol. The van der Waals surface area contributed by atoms with Crippen LogP contribution in [-0.2, 0) is 9.59 Å². The summed E-state index contributed by atoms with van der Waals surface area (Å²) in [5.74, 6) is -1.09. The Balaban J connectivity index is 3.42. The molecule has 5 heteroatoms. The fraction of sp³-hybridized carbons (Fsp3) is 0.895. The number of unbranched alkanes of at least 4 members (excludes halogenated alkanes) is 10. The Hall–Kier alpha value is -1.10. The van der Waals surface area contributed by atoms with E-state index in [0.29, 0.717) is 13.1 Å². The SMILES string of the molecule is CCCCCCCCCCCCCC(=O)NC[N+](C)(C)CC(=O)[O-]. The van der Waals surface area contributed by atoms with E-state index in [0.717, 1.165) is 12.8 Å². The lowest BCUT2D eigenvalue weighted by Crippen LogP contribution is -2.53. The lowest BCUT2D eigenvalue weighted by atomic mass is 10.1. The van der Waals surface area contributed by atoms with Crippen LogP contribution in [0.4, 0.5) is 0 Å². The summed E-state index contributed by atoms with van der Waals surface area (Å²) in [4.78, 5) is 22.4. The van der Waals surface area contributed by atoms with Gasteiger partial charge in [0.2, 0.25) is 5.91 Å². The van der Waals surface area contributed by atoms with Crippen LogP contribution in [0.2, 0.25) is 0 Å². The molecule has 24 heavy (non-hydrogen) atoms. The number of hydrogen-bond donors (Lipinski definition) is 1. The Bertz CT molecular complexity index is 344. The Labute approximate surface area is 148 Å². The van der Waals surface area contributed by atoms with Crippen molar-refractivity contribution in [2.75, 3.05) is 27.3 Å². The molecule has 0 saturated carbocycles. The number of hydrogen-bond acceptors (Lipinski definition) is 3. The Morgan fingerprint density at radius 2 is 1.29 bits per heavy atom. The Morgan fingerprint density at radius 3 is 1.75 bits per heavy atom. The fourth-order valence-electron chi connectivity index (χ4n) is 2.75. The maximum absolute atomic E-state index is 11.8. The number of nitrogens with zero attached hydrogens (tertiary/aromatic N) is 1. The zero-order valence-electron chi connectivity index (χ0n) is 16.1. The van der Waals surface area contributed by atoms with E-state index in [2.05, 4.69) is 12.2 Å². The minimum atomic E-state index is -1.10. The summed E-state index contributed by atoms with van der Waals surface area (Å²) in [7, 11) is 3.52. The molecular weight excluding hydrogens is 304 g/mol. The number of carbonyl (C=O) groups is 2. The first-order chi connectivity index (χ1) is 11.4. The lowest BCUT2D eigenvalue weighted by Gasteiger charge is -2.29. The molecule has 0 aromatic heterocycles. The minimum absolute atomic E-state index is 0.00970. The largest absolute Gasteiger partial charge is 0.544 e. The van der Waals surface area contributed by atoms with Crippen LogP contribution >= 0.6 is 0 Å². The summed E-state index contributed by atoms with van der Waals surface area (Å²) in [6.45, 7) is 2.47. The van der Waals surface area contributed by atoms with Gasteiger partial charge in [0.25, 0.3) is 0 Å². The molecule has 142 valence electrons. The first-order valence-corrected chi connectivity index (χ1v) is 9.66. The summed E-state index contributed by atoms with van der Waals surface area (Å²) < 4.78 is 0.201. The van der Waals surface area contributed by atoms with Gasteiger partial charge in [-0.2, -0.15) is 0 Å². The van der Waals surface area contributed by atoms with Crippen molar-refractivity contribution >= 4 is 11.9 Å². The number of likely N-dealkylation sites (N-methyl/N-ethyl adjacent to an activating group) is 1. The normalized spacial score (nSPS) is 11.5. The lowest BCUT2D eigenvalue weighted by molar-refractivity contribution is -0.886. The number of carboxylic acids is 1. The molecule has 0 rings (SSSR count). The Morgan fingerprint density at radius 1 is 0.833 bits per heavy atom. The van der Waals surface area contributed by atoms with E-state index in [9.17, 15) is 14.7 Å². The van der Waals surface area contributed by atoms with Gasteiger partial charge in [0.1, 0.15) is 6.54 Å². The highest BCUT2D eigenvalue weighted by molar-refractivity contribution is 5.75. The summed E-state index contributed by atoms with van der Waals surface area (Å²) in [6, 6.07) is 0. The number of carboxylic acid groups (broad SMARTS) is 1. The number of nitrogens with one attached hydrogen (secondary N) is 1. The van der Waals surface area contributed by atoms with E-state index in [1.807, 2.05) is 0 Å². The summed E-state index contributed by atoms with van der Waals surface area (Å²) in [5.41, 5.74) is 0. The van der Waals surface area contributed by atoms with Gasteiger partial charge in [-0.25, -0.2) is 0 Å². The van der Waals surface area contributed by atoms with Crippen LogP contribution in [0.3, 0.4) is 0 Å². The van der Waals surface area contributed by atoms with E-state index >= 15 is 0 Å². The van der Waals surface area contributed by atoms with Crippen LogP contribution in [0.5, 0.6) is 0 Å². The number of amides is 1. The van der Waals surface area contributed by atoms with Gasteiger partial charge in [-0.1, -0.05) is 71.1 Å². The first kappa shape index (κ1) is 22.9. The van der Waals surface area contributed by atoms with Crippen LogP contribution in [0.1, 0.15) is 84.0 Å². The second-order valence-electron chi connectivity index (χ2n) is 7.51. The Kier molecular flexibility index (Phi) is 13.6. The summed E-state index contributed by atoms with van der Waals surface area (Å²) >= 11 is 0. The number of rotatable bonds is 16. The molecule has 0 fully saturated rings. The smallest absolute Gasteiger partial charge is 0.224 e. The molecule has 0 bridgehead atoms. The van der Waals surface area contributed by atoms with E-state index < -0.39 is 5.97 Å². The van der Waals surface area contributed by atoms with Gasteiger partial charge in [-0.3, -0.25) is 4.79 Å². The molecule has 0 aromatic carbocycles. The predicted molar refractivity (Wildman–Crippen MR) is 96.1 cm³/mol. The van der Waals surface area contributed by atoms with E-state index in [4.69, 9.17) is 0 Å². The molecule has 0 heterocycles. The standard InChI is InChI=1S/C19H38N2O3/c1-4-5-6-7-8-9-10-11-12-13-14-15-18(22)20-17-21(2,3)16-19(23)24/h4-17H2,1-3H3,(H-,20,22,23,24). The highest BCUT2D eigenvalue weighted by Crippen LogP contribution is 2.11. The van der Waals surface area contributed by atoms with E-state index in [1.165, 1.54) is 57.8 Å². The van der Waals surface area contributed by atoms with Gasteiger partial charge in [0.15, 0.2) is 6.67 Å². The molecule has 0 saturated heterocycles. The highest BCUT2D eigenvalue weighted by Gasteiger charge is 2.16. The summed E-state index contributed by atoms with van der Waals surface area (Å²) in [5, 5.41) is 13.4. The first-order valence-electron chi connectivity index (χ1n) is 9.66. The van der Waals surface area contributed by atoms with Crippen molar-refractivity contribution in [2.24, 2.45) is 0 Å². The maximum atomic E-state index is 11.8. The molecular formula is C19H38N2O3. The van der Waals surface area contributed by atoms with Crippen molar-refractivity contribution in [1.82, 2.24) is 5.32 Å². The van der Waals surface area contributed by atoms with Crippen molar-refractivity contribution in [3.05, 3.63) is 0 Å². The third kappa shape index (κ3) is 15.8. The van der Waals surface area contributed by atoms with Gasteiger partial charge in [-0.15, -0.1) is 0 Å². The van der Waals surface area contributed by atoms with Gasteiger partial charge in [-0.05, 0) is 6.42 Å². The average molecular weight is 343 g/mol. The van der Waals surface area contributed by atoms with Crippen LogP contribution < -0.4 is 10.4 Å². The van der Waals surface area contributed by atoms with Crippen molar-refractivity contribution < 1.29 is 19.2 Å². The zero-order chi connectivity index (χ0) is 18.3. The van der Waals surface area contributed by atoms with E-state index in [-0.39, 0.29) is 16.9 Å². The molecule has 0 aliphatic rings. The van der Waals surface area contributed by atoms with Gasteiger partial charge in [0, 0.05) is 6.42 Å². The molecule has 0 spiro atoms. The molecule has 0 radical (unpaired) electrons. The number of carbonyl (C=O) groups excluding carboxylic acids is 2. The maximum Gasteiger partial charge on any atom is 0.224 e. The molecule has 0 aliphatic carbocycles. The summed E-state index contributed by atoms with van der Waals surface area (Å²) in [6.07, 6.45) is 14.5. The van der Waals surface area contributed by atoms with Gasteiger partial charge >= 0.3 is 0 Å². The third-order valence-corrected chi connectivity index (χ3v) is 4.27. The molecule has 0 atom stereocenters. The average Bonchev–Trinajstić information content (AvgIpc) is 2.49. The number of quaternary nitrogens is 1. The molecule has 0 unspecified atom stereocenters. The fourth-order valence-corrected chi connectivity index (χ4v) is 2.75. The van der Waals surface area contributed by atoms with Gasteiger partial charge < -0.3 is 19.7 Å². The van der Waals surface area contributed by atoms with Crippen molar-refractivity contribution in [3.8, 4) is 0 Å². The van der Waals surface area contributed by atoms with Crippen LogP contribution in [0.25, 0.3) is 0 Å². The second kappa shape index (κ2) is 14.3. The van der Waals surface area contributed by atoms with Crippen LogP contribution in [0, 0.1) is 0 Å². The van der Waals surface area contributed by atoms with E-state index in [1.54, 1.807) is 14.1 Å². The molecule has 0 aliphatic heterocycles. The third-order valence-electron chi connectivity index (χ3n) is 4.27. The van der Waals surface area contributed by atoms with Crippen molar-refractivity contribution in [1.29, 1.82) is 0 Å². The minimum Gasteiger partial charge on any atom is -0.544 e. The number of aliphatic carboxylic acids is 1. The zero-order valence-corrected chi connectivity index (χ0v) is 16.1. The topological polar surface area (TPSA) is 69.2 Å². The second-order valence-corrected chi connectivity index (χ2v) is 7.51. The molecule has 5 nitrogen and oxygen atoms in total. The van der Waals surface area contributed by atoms with Gasteiger partial charge in [0.05, 0.1) is 20.1 Å². The van der Waals surface area contributed by atoms with Crippen LogP contribution in [0.15, 0.2) is 0 Å². The predicted octanol–water partition coefficient (Wildman–Crippen LogP) is 2.59. The van der Waals surface area contributed by atoms with Crippen molar-refractivity contribution in [2.45, 2.75) is 84.0 Å². The van der Waals surface area contributed by atoms with Crippen molar-refractivity contribution in [3.63, 3.8) is 0 Å².